The monoisotopic (exact) mass is 420 g/mol. The van der Waals surface area contributed by atoms with Crippen LogP contribution in [0.1, 0.15) is 19.4 Å². The van der Waals surface area contributed by atoms with E-state index in [1.807, 2.05) is 0 Å². The molecule has 2 aromatic carbocycles. The molecule has 0 spiro atoms. The molecule has 2 aromatic rings. The molecule has 0 fully saturated rings. The average Bonchev–Trinajstić information content (AvgIpc) is 2.70. The lowest BCUT2D eigenvalue weighted by atomic mass is 10.2. The summed E-state index contributed by atoms with van der Waals surface area (Å²) >= 11 is 1.18. The van der Waals surface area contributed by atoms with Gasteiger partial charge in [0.25, 0.3) is 11.6 Å². The molecule has 154 valence electrons. The summed E-state index contributed by atoms with van der Waals surface area (Å²) in [5.74, 6) is -1.32. The van der Waals surface area contributed by atoms with Crippen molar-refractivity contribution in [2.45, 2.75) is 30.5 Å². The molecule has 1 atom stereocenters. The van der Waals surface area contributed by atoms with Crippen LogP contribution in [0, 0.1) is 15.9 Å². The molecule has 0 heterocycles. The van der Waals surface area contributed by atoms with E-state index in [1.54, 1.807) is 38.1 Å². The first-order valence-electron chi connectivity index (χ1n) is 8.90. The van der Waals surface area contributed by atoms with Gasteiger partial charge >= 0.3 is 5.97 Å². The third-order valence-corrected chi connectivity index (χ3v) is 5.12. The SMILES string of the molecule is CCN(Cc1cccc(F)c1)C(=O)COC(=O)C(C)Sc1ccc([N+](=O)[O-])cc1. The van der Waals surface area contributed by atoms with Crippen LogP contribution < -0.4 is 0 Å². The number of benzene rings is 2. The van der Waals surface area contributed by atoms with Gasteiger partial charge in [0.05, 0.1) is 4.92 Å². The van der Waals surface area contributed by atoms with Crippen LogP contribution in [0.3, 0.4) is 0 Å². The molecule has 0 radical (unpaired) electrons. The Morgan fingerprint density at radius 1 is 1.24 bits per heavy atom. The second-order valence-corrected chi connectivity index (χ2v) is 7.57. The first-order chi connectivity index (χ1) is 13.8. The highest BCUT2D eigenvalue weighted by Gasteiger charge is 2.20. The Hall–Kier alpha value is -2.94. The van der Waals surface area contributed by atoms with E-state index < -0.39 is 22.7 Å². The fourth-order valence-electron chi connectivity index (χ4n) is 2.47. The van der Waals surface area contributed by atoms with Gasteiger partial charge in [-0.3, -0.25) is 19.7 Å². The highest BCUT2D eigenvalue weighted by molar-refractivity contribution is 8.00. The molecule has 9 heteroatoms. The normalized spacial score (nSPS) is 11.6. The number of halogens is 1. The Morgan fingerprint density at radius 2 is 1.93 bits per heavy atom. The number of amides is 1. The summed E-state index contributed by atoms with van der Waals surface area (Å²) in [5.41, 5.74) is 0.613. The summed E-state index contributed by atoms with van der Waals surface area (Å²) in [5, 5.41) is 10.1. The number of nitro benzene ring substituents is 1. The van der Waals surface area contributed by atoms with Crippen LogP contribution in [0.4, 0.5) is 10.1 Å². The molecule has 29 heavy (non-hydrogen) atoms. The molecule has 0 bridgehead atoms. The third kappa shape index (κ3) is 6.86. The molecule has 0 aliphatic heterocycles. The molecule has 0 N–H and O–H groups in total. The average molecular weight is 420 g/mol. The Morgan fingerprint density at radius 3 is 2.52 bits per heavy atom. The van der Waals surface area contributed by atoms with Gasteiger partial charge in [0.1, 0.15) is 11.1 Å². The number of non-ortho nitro benzene ring substituents is 1. The smallest absolute Gasteiger partial charge is 0.319 e. The van der Waals surface area contributed by atoms with Gasteiger partial charge < -0.3 is 9.64 Å². The fraction of sp³-hybridized carbons (Fsp3) is 0.300. The number of esters is 1. The number of likely N-dealkylation sites (N-methyl/N-ethyl adjacent to an activating group) is 1. The number of thioether (sulfide) groups is 1. The molecule has 2 rings (SSSR count). The lowest BCUT2D eigenvalue weighted by Gasteiger charge is -2.21. The van der Waals surface area contributed by atoms with Gasteiger partial charge in [-0.1, -0.05) is 12.1 Å². The van der Waals surface area contributed by atoms with Crippen molar-refractivity contribution >= 4 is 29.3 Å². The van der Waals surface area contributed by atoms with Crippen molar-refractivity contribution in [3.05, 3.63) is 70.0 Å². The van der Waals surface area contributed by atoms with Crippen LogP contribution in [-0.2, 0) is 20.9 Å². The highest BCUT2D eigenvalue weighted by atomic mass is 32.2. The zero-order valence-corrected chi connectivity index (χ0v) is 16.9. The van der Waals surface area contributed by atoms with E-state index in [0.717, 1.165) is 0 Å². The highest BCUT2D eigenvalue weighted by Crippen LogP contribution is 2.26. The first kappa shape index (κ1) is 22.4. The number of nitrogens with zero attached hydrogens (tertiary/aromatic N) is 2. The Balaban J connectivity index is 1.85. The molecular formula is C20H21FN2O5S. The second-order valence-electron chi connectivity index (χ2n) is 6.16. The number of hydrogen-bond acceptors (Lipinski definition) is 6. The zero-order valence-electron chi connectivity index (χ0n) is 16.0. The number of ether oxygens (including phenoxy) is 1. The summed E-state index contributed by atoms with van der Waals surface area (Å²) in [6.07, 6.45) is 0. The van der Waals surface area contributed by atoms with Crippen LogP contribution in [0.15, 0.2) is 53.4 Å². The summed E-state index contributed by atoms with van der Waals surface area (Å²) in [4.78, 5) is 36.8. The van der Waals surface area contributed by atoms with Crippen molar-refractivity contribution in [1.29, 1.82) is 0 Å². The van der Waals surface area contributed by atoms with E-state index in [2.05, 4.69) is 0 Å². The van der Waals surface area contributed by atoms with Gasteiger partial charge in [0.15, 0.2) is 6.61 Å². The van der Waals surface area contributed by atoms with E-state index in [9.17, 15) is 24.1 Å². The van der Waals surface area contributed by atoms with Gasteiger partial charge in [-0.15, -0.1) is 11.8 Å². The van der Waals surface area contributed by atoms with E-state index in [0.29, 0.717) is 17.0 Å². The van der Waals surface area contributed by atoms with E-state index >= 15 is 0 Å². The molecular weight excluding hydrogens is 399 g/mol. The number of carbonyl (C=O) groups excluding carboxylic acids is 2. The fourth-order valence-corrected chi connectivity index (χ4v) is 3.34. The van der Waals surface area contributed by atoms with E-state index in [4.69, 9.17) is 4.74 Å². The molecule has 0 aromatic heterocycles. The van der Waals surface area contributed by atoms with Gasteiger partial charge in [-0.2, -0.15) is 0 Å². The zero-order chi connectivity index (χ0) is 21.4. The lowest BCUT2D eigenvalue weighted by molar-refractivity contribution is -0.384. The number of hydrogen-bond donors (Lipinski definition) is 0. The van der Waals surface area contributed by atoms with Gasteiger partial charge in [-0.25, -0.2) is 4.39 Å². The van der Waals surface area contributed by atoms with E-state index in [-0.39, 0.29) is 24.0 Å². The summed E-state index contributed by atoms with van der Waals surface area (Å²) in [7, 11) is 0. The van der Waals surface area contributed by atoms with Gasteiger partial charge in [0, 0.05) is 30.1 Å². The molecule has 0 aliphatic rings. The molecule has 0 saturated carbocycles. The largest absolute Gasteiger partial charge is 0.455 e. The Kier molecular flexibility index (Phi) is 8.14. The maximum atomic E-state index is 13.3. The van der Waals surface area contributed by atoms with Crippen molar-refractivity contribution < 1.29 is 23.6 Å². The third-order valence-electron chi connectivity index (χ3n) is 4.03. The summed E-state index contributed by atoms with van der Waals surface area (Å²) < 4.78 is 18.4. The molecule has 7 nitrogen and oxygen atoms in total. The van der Waals surface area contributed by atoms with Crippen molar-refractivity contribution in [3.8, 4) is 0 Å². The predicted octanol–water partition coefficient (Wildman–Crippen LogP) is 3.81. The number of nitro groups is 1. The van der Waals surface area contributed by atoms with Crippen LogP contribution in [0.5, 0.6) is 0 Å². The standard InChI is InChI=1S/C20H21FN2O5S/c1-3-22(12-15-5-4-6-16(21)11-15)19(24)13-28-20(25)14(2)29-18-9-7-17(8-10-18)23(26)27/h4-11,14H,3,12-13H2,1-2H3. The van der Waals surface area contributed by atoms with Crippen LogP contribution in [0.25, 0.3) is 0 Å². The first-order valence-corrected chi connectivity index (χ1v) is 9.78. The summed E-state index contributed by atoms with van der Waals surface area (Å²) in [6, 6.07) is 11.8. The molecule has 0 saturated heterocycles. The molecule has 1 unspecified atom stereocenters. The second kappa shape index (κ2) is 10.6. The predicted molar refractivity (Wildman–Crippen MR) is 107 cm³/mol. The maximum Gasteiger partial charge on any atom is 0.319 e. The summed E-state index contributed by atoms with van der Waals surface area (Å²) in [6.45, 7) is 3.61. The van der Waals surface area contributed by atoms with Crippen molar-refractivity contribution in [2.24, 2.45) is 0 Å². The van der Waals surface area contributed by atoms with Crippen molar-refractivity contribution in [2.75, 3.05) is 13.2 Å². The molecule has 0 aliphatic carbocycles. The Bertz CT molecular complexity index is 875. The van der Waals surface area contributed by atoms with Crippen LogP contribution in [0.2, 0.25) is 0 Å². The van der Waals surface area contributed by atoms with Crippen LogP contribution >= 0.6 is 11.8 Å². The quantitative estimate of drug-likeness (QED) is 0.265. The minimum Gasteiger partial charge on any atom is -0.455 e. The molecule has 1 amide bonds. The van der Waals surface area contributed by atoms with Gasteiger partial charge in [-0.05, 0) is 43.7 Å². The van der Waals surface area contributed by atoms with Crippen LogP contribution in [-0.4, -0.2) is 40.1 Å². The van der Waals surface area contributed by atoms with E-state index in [1.165, 1.54) is 40.9 Å². The van der Waals surface area contributed by atoms with Crippen molar-refractivity contribution in [3.63, 3.8) is 0 Å². The number of carbonyl (C=O) groups is 2. The topological polar surface area (TPSA) is 89.8 Å². The van der Waals surface area contributed by atoms with Gasteiger partial charge in [0.2, 0.25) is 0 Å². The van der Waals surface area contributed by atoms with Crippen molar-refractivity contribution in [1.82, 2.24) is 4.90 Å². The maximum absolute atomic E-state index is 13.3. The number of rotatable bonds is 9. The minimum atomic E-state index is -0.595. The lowest BCUT2D eigenvalue weighted by Crippen LogP contribution is -2.35. The minimum absolute atomic E-state index is 0.0341. The Labute approximate surface area is 172 Å².